The highest BCUT2D eigenvalue weighted by Crippen LogP contribution is 2.44. The maximum absolute atomic E-state index is 12.8. The average molecular weight is 513 g/mol. The van der Waals surface area contributed by atoms with Gasteiger partial charge >= 0.3 is 13.2 Å². The van der Waals surface area contributed by atoms with E-state index in [4.69, 9.17) is 25.5 Å². The first-order valence-corrected chi connectivity index (χ1v) is 12.6. The number of nitrogens with one attached hydrogen (secondary N) is 1. The van der Waals surface area contributed by atoms with Gasteiger partial charge < -0.3 is 30.8 Å². The second-order valence-electron chi connectivity index (χ2n) is 10.6. The summed E-state index contributed by atoms with van der Waals surface area (Å²) < 4.78 is 18.1. The van der Waals surface area contributed by atoms with Crippen molar-refractivity contribution >= 4 is 30.9 Å². The smallest absolute Gasteiger partial charge is 0.449 e. The second-order valence-corrected chi connectivity index (χ2v) is 10.6. The quantitative estimate of drug-likeness (QED) is 0.418. The van der Waals surface area contributed by atoms with Crippen molar-refractivity contribution in [3.63, 3.8) is 0 Å². The monoisotopic (exact) mass is 513 g/mol. The largest absolute Gasteiger partial charge is 0.492 e. The lowest BCUT2D eigenvalue weighted by Crippen LogP contribution is -2.41. The Morgan fingerprint density at radius 1 is 1.00 bits per heavy atom. The maximum Gasteiger partial charge on any atom is 0.492 e. The van der Waals surface area contributed by atoms with E-state index in [-0.39, 0.29) is 30.7 Å². The summed E-state index contributed by atoms with van der Waals surface area (Å²) in [6.07, 6.45) is 2.69. The molecule has 0 unspecified atom stereocenters. The molecule has 2 heterocycles. The number of hydrogen-bond donors (Lipinski definition) is 3. The fourth-order valence-corrected chi connectivity index (χ4v) is 4.71. The van der Waals surface area contributed by atoms with Gasteiger partial charge in [-0.2, -0.15) is 0 Å². The highest BCUT2D eigenvalue weighted by atomic mass is 16.7. The van der Waals surface area contributed by atoms with E-state index in [0.29, 0.717) is 11.2 Å². The van der Waals surface area contributed by atoms with Crippen molar-refractivity contribution in [1.82, 2.24) is 15.3 Å². The minimum atomic E-state index is -0.713. The maximum atomic E-state index is 12.8. The van der Waals surface area contributed by atoms with E-state index in [1.54, 1.807) is 6.08 Å². The number of aromatic nitrogens is 2. The molecule has 0 radical (unpaired) electrons. The Morgan fingerprint density at radius 3 is 2.16 bits per heavy atom. The molecule has 5 N–H and O–H groups in total. The van der Waals surface area contributed by atoms with E-state index < -0.39 is 24.4 Å². The van der Waals surface area contributed by atoms with Crippen LogP contribution in [0.2, 0.25) is 0 Å². The van der Waals surface area contributed by atoms with Gasteiger partial charge in [0.1, 0.15) is 6.61 Å². The van der Waals surface area contributed by atoms with Crippen LogP contribution in [0.15, 0.2) is 60.2 Å². The molecule has 2 aromatic carbocycles. The van der Waals surface area contributed by atoms with Gasteiger partial charge in [-0.1, -0.05) is 48.5 Å². The Bertz CT molecular complexity index is 1350. The van der Waals surface area contributed by atoms with Crippen molar-refractivity contribution in [3.05, 3.63) is 77.0 Å². The number of carbonyl (C=O) groups is 1. The Hall–Kier alpha value is -3.89. The minimum absolute atomic E-state index is 0.0284. The van der Waals surface area contributed by atoms with E-state index in [2.05, 4.69) is 39.6 Å². The number of fused-ring (bicyclic) bond motifs is 3. The van der Waals surface area contributed by atoms with Gasteiger partial charge in [0.05, 0.1) is 23.1 Å². The lowest BCUT2D eigenvalue weighted by molar-refractivity contribution is 0.00578. The van der Waals surface area contributed by atoms with Gasteiger partial charge in [-0.25, -0.2) is 14.8 Å². The third kappa shape index (κ3) is 4.84. The number of amides is 1. The molecule has 0 saturated carbocycles. The molecule has 0 atom stereocenters. The van der Waals surface area contributed by atoms with E-state index in [1.165, 1.54) is 17.3 Å². The molecule has 9 nitrogen and oxygen atoms in total. The molecule has 1 aromatic heterocycles. The van der Waals surface area contributed by atoms with Crippen LogP contribution in [0.3, 0.4) is 0 Å². The number of anilines is 2. The SMILES string of the molecule is CC1(C)OB(C(=Cc2cnc(N)c(N)n2)CNC(=O)OCC2c3ccccc3-c3ccccc32)OC1(C)C. The zero-order valence-corrected chi connectivity index (χ0v) is 22.0. The third-order valence-corrected chi connectivity index (χ3v) is 7.52. The van der Waals surface area contributed by atoms with Gasteiger partial charge in [0.25, 0.3) is 0 Å². The van der Waals surface area contributed by atoms with E-state index in [0.717, 1.165) is 11.1 Å². The molecule has 38 heavy (non-hydrogen) atoms. The molecule has 1 aliphatic carbocycles. The number of ether oxygens (including phenoxy) is 1. The number of nitrogen functional groups attached to an aromatic ring is 2. The average Bonchev–Trinajstić information content (AvgIpc) is 3.31. The molecular weight excluding hydrogens is 481 g/mol. The van der Waals surface area contributed by atoms with Crippen LogP contribution in [0.4, 0.5) is 16.4 Å². The van der Waals surface area contributed by atoms with E-state index in [1.807, 2.05) is 52.0 Å². The molecular formula is C28H32BN5O4. The van der Waals surface area contributed by atoms with Crippen molar-refractivity contribution in [2.45, 2.75) is 44.8 Å². The number of nitrogens with two attached hydrogens (primary N) is 2. The predicted octanol–water partition coefficient (Wildman–Crippen LogP) is 4.19. The lowest BCUT2D eigenvalue weighted by atomic mass is 9.77. The highest BCUT2D eigenvalue weighted by molar-refractivity contribution is 6.56. The number of nitrogens with zero attached hydrogens (tertiary/aromatic N) is 2. The van der Waals surface area contributed by atoms with Crippen LogP contribution in [0.1, 0.15) is 50.4 Å². The summed E-state index contributed by atoms with van der Waals surface area (Å²) in [4.78, 5) is 21.2. The standard InChI is InChI=1S/C28H32BN5O4/c1-27(2)28(3,4)38-29(37-27)17(13-18-15-32-24(30)25(31)34-18)14-33-26(35)36-16-23-21-11-7-5-9-19(21)20-10-6-8-12-22(20)23/h5-13,15,23H,14,16H2,1-4H3,(H2,30,32)(H2,31,34)(H,33,35). The van der Waals surface area contributed by atoms with Gasteiger partial charge in [0.2, 0.25) is 0 Å². The Morgan fingerprint density at radius 2 is 1.58 bits per heavy atom. The topological polar surface area (TPSA) is 135 Å². The van der Waals surface area contributed by atoms with Gasteiger partial charge in [-0.15, -0.1) is 0 Å². The van der Waals surface area contributed by atoms with Crippen LogP contribution in [-0.2, 0) is 14.0 Å². The number of benzene rings is 2. The molecule has 1 fully saturated rings. The minimum Gasteiger partial charge on any atom is -0.449 e. The zero-order chi connectivity index (χ0) is 27.1. The zero-order valence-electron chi connectivity index (χ0n) is 22.0. The summed E-state index contributed by atoms with van der Waals surface area (Å²) in [5.41, 5.74) is 16.2. The second kappa shape index (κ2) is 9.77. The molecule has 1 aliphatic heterocycles. The van der Waals surface area contributed by atoms with Crippen molar-refractivity contribution < 1.29 is 18.8 Å². The first kappa shape index (κ1) is 25.8. The van der Waals surface area contributed by atoms with Gasteiger partial charge in [0, 0.05) is 12.5 Å². The Kier molecular flexibility index (Phi) is 6.62. The molecule has 2 aliphatic rings. The van der Waals surface area contributed by atoms with E-state index >= 15 is 0 Å². The van der Waals surface area contributed by atoms with Crippen molar-refractivity contribution in [1.29, 1.82) is 0 Å². The van der Waals surface area contributed by atoms with Crippen LogP contribution in [0.25, 0.3) is 17.2 Å². The van der Waals surface area contributed by atoms with Crippen molar-refractivity contribution in [2.75, 3.05) is 24.6 Å². The van der Waals surface area contributed by atoms with Crippen molar-refractivity contribution in [2.24, 2.45) is 0 Å². The highest BCUT2D eigenvalue weighted by Gasteiger charge is 2.52. The van der Waals surface area contributed by atoms with Crippen LogP contribution in [0, 0.1) is 0 Å². The summed E-state index contributed by atoms with van der Waals surface area (Å²) >= 11 is 0. The summed E-state index contributed by atoms with van der Waals surface area (Å²) in [6.45, 7) is 8.18. The molecule has 0 spiro atoms. The first-order chi connectivity index (χ1) is 18.1. The van der Waals surface area contributed by atoms with Crippen LogP contribution in [0.5, 0.6) is 0 Å². The molecule has 1 amide bonds. The number of hydrogen-bond acceptors (Lipinski definition) is 8. The number of carbonyl (C=O) groups excluding carboxylic acids is 1. The van der Waals surface area contributed by atoms with Gasteiger partial charge in [-0.3, -0.25) is 0 Å². The summed E-state index contributed by atoms with van der Waals surface area (Å²) in [5.74, 6) is 0.242. The fraction of sp³-hybridized carbons (Fsp3) is 0.321. The summed E-state index contributed by atoms with van der Waals surface area (Å²) in [7, 11) is -0.713. The first-order valence-electron chi connectivity index (χ1n) is 12.6. The lowest BCUT2D eigenvalue weighted by Gasteiger charge is -2.32. The predicted molar refractivity (Wildman–Crippen MR) is 148 cm³/mol. The fourth-order valence-electron chi connectivity index (χ4n) is 4.71. The molecule has 0 bridgehead atoms. The van der Waals surface area contributed by atoms with Crippen LogP contribution >= 0.6 is 0 Å². The number of rotatable bonds is 6. The number of alkyl carbamates (subject to hydrolysis) is 1. The Labute approximate surface area is 222 Å². The van der Waals surface area contributed by atoms with Crippen LogP contribution < -0.4 is 16.8 Å². The molecule has 5 rings (SSSR count). The summed E-state index contributed by atoms with van der Waals surface area (Å²) in [5, 5.41) is 2.84. The molecule has 1 saturated heterocycles. The van der Waals surface area contributed by atoms with Crippen molar-refractivity contribution in [3.8, 4) is 11.1 Å². The third-order valence-electron chi connectivity index (χ3n) is 7.52. The van der Waals surface area contributed by atoms with Crippen LogP contribution in [-0.4, -0.2) is 47.5 Å². The van der Waals surface area contributed by atoms with E-state index in [9.17, 15) is 4.79 Å². The normalized spacial score (nSPS) is 17.7. The van der Waals surface area contributed by atoms with Gasteiger partial charge in [-0.05, 0) is 61.5 Å². The molecule has 3 aromatic rings. The van der Waals surface area contributed by atoms with Gasteiger partial charge in [0.15, 0.2) is 11.6 Å². The molecule has 10 heteroatoms. The molecule has 196 valence electrons. The summed E-state index contributed by atoms with van der Waals surface area (Å²) in [6, 6.07) is 16.4. The Balaban J connectivity index is 1.30.